The van der Waals surface area contributed by atoms with Crippen LogP contribution in [0.3, 0.4) is 0 Å². The largest absolute Gasteiger partial charge is 0.350 e. The molecular formula is C21H25N7. The van der Waals surface area contributed by atoms with Crippen molar-refractivity contribution in [3.63, 3.8) is 0 Å². The van der Waals surface area contributed by atoms with Crippen LogP contribution in [0.2, 0.25) is 0 Å². The lowest BCUT2D eigenvalue weighted by Gasteiger charge is -2.26. The molecule has 5 rings (SSSR count). The Morgan fingerprint density at radius 1 is 1.07 bits per heavy atom. The minimum absolute atomic E-state index is 0.473. The summed E-state index contributed by atoms with van der Waals surface area (Å²) in [5.41, 5.74) is 4.69. The molecule has 4 aromatic heterocycles. The van der Waals surface area contributed by atoms with Gasteiger partial charge in [0.05, 0.1) is 17.4 Å². The molecular weight excluding hydrogens is 350 g/mol. The van der Waals surface area contributed by atoms with Crippen LogP contribution in [0, 0.1) is 12.8 Å². The van der Waals surface area contributed by atoms with Gasteiger partial charge in [0.2, 0.25) is 5.95 Å². The van der Waals surface area contributed by atoms with Crippen molar-refractivity contribution in [1.29, 1.82) is 0 Å². The molecule has 0 atom stereocenters. The minimum atomic E-state index is 0.473. The summed E-state index contributed by atoms with van der Waals surface area (Å²) in [4.78, 5) is 13.9. The standard InChI is InChI=1S/C21H25N7/c1-13-4-6-15(7-5-13)24-21-22-12-19-16(10-11-28(19)26-21)17-8-9-18-20(25-17)27(3)14(2)23-18/h8-13,15H,4-7H2,1-3H3,(H,24,26). The lowest BCUT2D eigenvalue weighted by Crippen LogP contribution is -2.26. The normalized spacial score (nSPS) is 20.1. The fourth-order valence-electron chi connectivity index (χ4n) is 4.10. The first-order chi connectivity index (χ1) is 13.6. The van der Waals surface area contributed by atoms with E-state index in [9.17, 15) is 0 Å². The number of aryl methyl sites for hydroxylation is 2. The van der Waals surface area contributed by atoms with Crippen LogP contribution in [0.5, 0.6) is 0 Å². The maximum atomic E-state index is 4.83. The number of nitrogens with zero attached hydrogens (tertiary/aromatic N) is 6. The fourth-order valence-corrected chi connectivity index (χ4v) is 4.10. The Morgan fingerprint density at radius 2 is 1.89 bits per heavy atom. The van der Waals surface area contributed by atoms with Crippen molar-refractivity contribution >= 4 is 22.6 Å². The van der Waals surface area contributed by atoms with Gasteiger partial charge in [-0.25, -0.2) is 19.5 Å². The molecule has 4 aromatic rings. The maximum Gasteiger partial charge on any atom is 0.241 e. The highest BCUT2D eigenvalue weighted by Gasteiger charge is 2.19. The monoisotopic (exact) mass is 375 g/mol. The Balaban J connectivity index is 1.46. The number of nitrogens with one attached hydrogen (secondary N) is 1. The second-order valence-corrected chi connectivity index (χ2v) is 8.00. The van der Waals surface area contributed by atoms with E-state index in [2.05, 4.69) is 27.3 Å². The van der Waals surface area contributed by atoms with Gasteiger partial charge in [0.25, 0.3) is 0 Å². The van der Waals surface area contributed by atoms with Crippen LogP contribution in [0.15, 0.2) is 30.6 Å². The van der Waals surface area contributed by atoms with Crippen molar-refractivity contribution in [3.05, 3.63) is 36.4 Å². The quantitative estimate of drug-likeness (QED) is 0.586. The lowest BCUT2D eigenvalue weighted by atomic mass is 9.87. The first-order valence-corrected chi connectivity index (χ1v) is 10.00. The van der Waals surface area contributed by atoms with Crippen molar-refractivity contribution in [3.8, 4) is 11.3 Å². The lowest BCUT2D eigenvalue weighted by molar-refractivity contribution is 0.360. The van der Waals surface area contributed by atoms with Crippen LogP contribution in [-0.4, -0.2) is 35.2 Å². The van der Waals surface area contributed by atoms with Gasteiger partial charge in [-0.2, -0.15) is 0 Å². The van der Waals surface area contributed by atoms with Crippen LogP contribution in [0.4, 0.5) is 5.95 Å². The fraction of sp³-hybridized carbons (Fsp3) is 0.429. The molecule has 144 valence electrons. The molecule has 0 unspecified atom stereocenters. The Bertz CT molecular complexity index is 1150. The predicted octanol–water partition coefficient (Wildman–Crippen LogP) is 3.98. The van der Waals surface area contributed by atoms with Crippen LogP contribution in [-0.2, 0) is 7.05 Å². The smallest absolute Gasteiger partial charge is 0.241 e. The molecule has 1 fully saturated rings. The second kappa shape index (κ2) is 6.58. The number of anilines is 1. The molecule has 1 aliphatic carbocycles. The SMILES string of the molecule is Cc1nc2ccc(-c3ccn4nc(NC5CCC(C)CC5)ncc34)nc2n1C. The van der Waals surface area contributed by atoms with Gasteiger partial charge in [0.1, 0.15) is 11.3 Å². The zero-order chi connectivity index (χ0) is 19.3. The van der Waals surface area contributed by atoms with Gasteiger partial charge in [0, 0.05) is 24.8 Å². The number of rotatable bonds is 3. The molecule has 4 heterocycles. The van der Waals surface area contributed by atoms with Crippen molar-refractivity contribution in [2.75, 3.05) is 5.32 Å². The van der Waals surface area contributed by atoms with E-state index in [4.69, 9.17) is 4.98 Å². The first-order valence-electron chi connectivity index (χ1n) is 10.00. The average Bonchev–Trinajstić information content (AvgIpc) is 3.24. The van der Waals surface area contributed by atoms with Crippen molar-refractivity contribution in [2.24, 2.45) is 13.0 Å². The highest BCUT2D eigenvalue weighted by Crippen LogP contribution is 2.27. The molecule has 1 N–H and O–H groups in total. The summed E-state index contributed by atoms with van der Waals surface area (Å²) in [6.07, 6.45) is 8.78. The topological polar surface area (TPSA) is 72.9 Å². The third kappa shape index (κ3) is 2.91. The second-order valence-electron chi connectivity index (χ2n) is 8.00. The van der Waals surface area contributed by atoms with E-state index in [-0.39, 0.29) is 0 Å². The average molecular weight is 375 g/mol. The first kappa shape index (κ1) is 17.2. The van der Waals surface area contributed by atoms with Gasteiger partial charge in [0.15, 0.2) is 5.65 Å². The maximum absolute atomic E-state index is 4.83. The summed E-state index contributed by atoms with van der Waals surface area (Å²) in [6.45, 7) is 4.32. The Hall–Kier alpha value is -2.96. The van der Waals surface area contributed by atoms with E-state index in [0.717, 1.165) is 39.7 Å². The summed E-state index contributed by atoms with van der Waals surface area (Å²) >= 11 is 0. The van der Waals surface area contributed by atoms with Gasteiger partial charge in [-0.3, -0.25) is 0 Å². The van der Waals surface area contributed by atoms with E-state index in [1.54, 1.807) is 0 Å². The summed E-state index contributed by atoms with van der Waals surface area (Å²) in [5, 5.41) is 8.17. The molecule has 0 spiro atoms. The highest BCUT2D eigenvalue weighted by atomic mass is 15.3. The summed E-state index contributed by atoms with van der Waals surface area (Å²) in [7, 11) is 1.99. The number of pyridine rings is 1. The molecule has 1 saturated carbocycles. The summed E-state index contributed by atoms with van der Waals surface area (Å²) < 4.78 is 3.90. The van der Waals surface area contributed by atoms with Crippen molar-refractivity contribution in [1.82, 2.24) is 29.1 Å². The molecule has 0 radical (unpaired) electrons. The number of aromatic nitrogens is 6. The van der Waals surface area contributed by atoms with Gasteiger partial charge >= 0.3 is 0 Å². The molecule has 7 heteroatoms. The minimum Gasteiger partial charge on any atom is -0.350 e. The summed E-state index contributed by atoms with van der Waals surface area (Å²) in [5.74, 6) is 2.49. The molecule has 1 aliphatic rings. The molecule has 28 heavy (non-hydrogen) atoms. The van der Waals surface area contributed by atoms with Crippen LogP contribution >= 0.6 is 0 Å². The van der Waals surface area contributed by atoms with E-state index in [0.29, 0.717) is 12.0 Å². The Morgan fingerprint density at radius 3 is 2.71 bits per heavy atom. The van der Waals surface area contributed by atoms with E-state index in [1.165, 1.54) is 25.7 Å². The van der Waals surface area contributed by atoms with E-state index < -0.39 is 0 Å². The van der Waals surface area contributed by atoms with Crippen LogP contribution in [0.1, 0.15) is 38.4 Å². The zero-order valence-electron chi connectivity index (χ0n) is 16.6. The van der Waals surface area contributed by atoms with E-state index in [1.807, 2.05) is 53.6 Å². The van der Waals surface area contributed by atoms with E-state index >= 15 is 0 Å². The Labute approximate surface area is 163 Å². The van der Waals surface area contributed by atoms with Gasteiger partial charge < -0.3 is 9.88 Å². The number of hydrogen-bond donors (Lipinski definition) is 1. The van der Waals surface area contributed by atoms with Gasteiger partial charge in [-0.15, -0.1) is 5.10 Å². The van der Waals surface area contributed by atoms with Gasteiger partial charge in [-0.1, -0.05) is 6.92 Å². The molecule has 0 bridgehead atoms. The molecule has 0 saturated heterocycles. The highest BCUT2D eigenvalue weighted by molar-refractivity contribution is 5.82. The molecule has 0 aliphatic heterocycles. The zero-order valence-corrected chi connectivity index (χ0v) is 16.6. The predicted molar refractivity (Wildman–Crippen MR) is 110 cm³/mol. The Kier molecular flexibility index (Phi) is 4.03. The van der Waals surface area contributed by atoms with Crippen molar-refractivity contribution in [2.45, 2.75) is 45.6 Å². The molecule has 0 amide bonds. The van der Waals surface area contributed by atoms with Crippen molar-refractivity contribution < 1.29 is 0 Å². The number of imidazole rings is 1. The van der Waals surface area contributed by atoms with Gasteiger partial charge in [-0.05, 0) is 56.7 Å². The van der Waals surface area contributed by atoms with Crippen LogP contribution < -0.4 is 5.32 Å². The number of fused-ring (bicyclic) bond motifs is 2. The van der Waals surface area contributed by atoms with Crippen LogP contribution in [0.25, 0.3) is 27.9 Å². The summed E-state index contributed by atoms with van der Waals surface area (Å²) in [6, 6.07) is 6.56. The third-order valence-corrected chi connectivity index (χ3v) is 5.98. The number of hydrogen-bond acceptors (Lipinski definition) is 5. The third-order valence-electron chi connectivity index (χ3n) is 5.98. The molecule has 7 nitrogen and oxygen atoms in total. The molecule has 0 aromatic carbocycles.